The third kappa shape index (κ3) is 5.26. The second-order valence-electron chi connectivity index (χ2n) is 6.36. The number of hydrogen-bond donors (Lipinski definition) is 1. The van der Waals surface area contributed by atoms with Crippen LogP contribution in [0.2, 0.25) is 0 Å². The minimum absolute atomic E-state index is 0.0803. The number of nitrogens with zero attached hydrogens (tertiary/aromatic N) is 1. The fraction of sp³-hybridized carbons (Fsp3) is 0.0909. The van der Waals surface area contributed by atoms with Gasteiger partial charge in [0, 0.05) is 28.9 Å². The van der Waals surface area contributed by atoms with E-state index in [9.17, 15) is 19.7 Å². The van der Waals surface area contributed by atoms with E-state index in [0.29, 0.717) is 22.6 Å². The normalized spacial score (nSPS) is 10.2. The Kier molecular flexibility index (Phi) is 5.99. The van der Waals surface area contributed by atoms with Crippen LogP contribution in [0.4, 0.5) is 11.4 Å². The van der Waals surface area contributed by atoms with Gasteiger partial charge in [-0.2, -0.15) is 0 Å². The lowest BCUT2D eigenvalue weighted by molar-refractivity contribution is -0.384. The third-order valence-electron chi connectivity index (χ3n) is 4.20. The molecule has 3 aromatic rings. The summed E-state index contributed by atoms with van der Waals surface area (Å²) in [4.78, 5) is 34.5. The van der Waals surface area contributed by atoms with Crippen molar-refractivity contribution in [2.24, 2.45) is 0 Å². The summed E-state index contributed by atoms with van der Waals surface area (Å²) in [7, 11) is 0. The molecule has 0 radical (unpaired) electrons. The molecule has 3 aromatic carbocycles. The number of non-ortho nitro benzene ring substituents is 1. The number of amides is 1. The molecule has 0 saturated carbocycles. The molecule has 1 N–H and O–H groups in total. The van der Waals surface area contributed by atoms with E-state index in [1.54, 1.807) is 36.4 Å². The highest BCUT2D eigenvalue weighted by molar-refractivity contribution is 6.04. The van der Waals surface area contributed by atoms with E-state index in [4.69, 9.17) is 4.74 Å². The Hall–Kier alpha value is -4.00. The monoisotopic (exact) mass is 390 g/mol. The van der Waals surface area contributed by atoms with Crippen molar-refractivity contribution in [3.8, 4) is 5.75 Å². The molecule has 7 nitrogen and oxygen atoms in total. The maximum absolute atomic E-state index is 12.2. The smallest absolute Gasteiger partial charge is 0.269 e. The van der Waals surface area contributed by atoms with Crippen molar-refractivity contribution < 1.29 is 19.2 Å². The van der Waals surface area contributed by atoms with Crippen LogP contribution in [0.25, 0.3) is 0 Å². The summed E-state index contributed by atoms with van der Waals surface area (Å²) in [5, 5.41) is 13.4. The minimum atomic E-state index is -0.524. The molecule has 1 amide bonds. The van der Waals surface area contributed by atoms with E-state index in [2.05, 4.69) is 5.32 Å². The average Bonchev–Trinajstić information content (AvgIpc) is 2.73. The number of Topliss-reactive ketones (excluding diaryl/α,β-unsaturated/α-hetero) is 1. The molecule has 0 saturated heterocycles. The number of nitrogens with one attached hydrogen (secondary N) is 1. The SMILES string of the molecule is Cc1ccc(C(=O)COc2ccc(NC(=O)c3ccc([N+](=O)[O-])cc3)cc2)cc1. The average molecular weight is 390 g/mol. The molecule has 0 heterocycles. The van der Waals surface area contributed by atoms with Gasteiger partial charge in [-0.15, -0.1) is 0 Å². The molecule has 0 aromatic heterocycles. The highest BCUT2D eigenvalue weighted by atomic mass is 16.6. The molecule has 0 bridgehead atoms. The molecule has 0 atom stereocenters. The first-order valence-electron chi connectivity index (χ1n) is 8.81. The standard InChI is InChI=1S/C22H18N2O5/c1-15-2-4-16(5-3-15)21(25)14-29-20-12-8-18(9-13-20)23-22(26)17-6-10-19(11-7-17)24(27)28/h2-13H,14H2,1H3,(H,23,26). The van der Waals surface area contributed by atoms with Gasteiger partial charge in [0.2, 0.25) is 0 Å². The molecule has 0 aliphatic rings. The van der Waals surface area contributed by atoms with Crippen LogP contribution in [0, 0.1) is 17.0 Å². The number of carbonyl (C=O) groups is 2. The summed E-state index contributed by atoms with van der Waals surface area (Å²) < 4.78 is 5.51. The molecule has 146 valence electrons. The molecule has 29 heavy (non-hydrogen) atoms. The van der Waals surface area contributed by atoms with Crippen molar-refractivity contribution in [2.45, 2.75) is 6.92 Å². The maximum Gasteiger partial charge on any atom is 0.269 e. The fourth-order valence-electron chi connectivity index (χ4n) is 2.54. The highest BCUT2D eigenvalue weighted by Gasteiger charge is 2.10. The number of rotatable bonds is 7. The summed E-state index contributed by atoms with van der Waals surface area (Å²) in [5.74, 6) is -0.0116. The lowest BCUT2D eigenvalue weighted by Crippen LogP contribution is -2.12. The van der Waals surface area contributed by atoms with Gasteiger partial charge in [-0.3, -0.25) is 19.7 Å². The summed E-state index contributed by atoms with van der Waals surface area (Å²) in [6, 6.07) is 19.2. The highest BCUT2D eigenvalue weighted by Crippen LogP contribution is 2.18. The van der Waals surface area contributed by atoms with E-state index < -0.39 is 4.92 Å². The lowest BCUT2D eigenvalue weighted by Gasteiger charge is -2.08. The Morgan fingerprint density at radius 2 is 1.48 bits per heavy atom. The molecule has 0 unspecified atom stereocenters. The van der Waals surface area contributed by atoms with Crippen LogP contribution in [-0.4, -0.2) is 23.2 Å². The maximum atomic E-state index is 12.2. The zero-order valence-corrected chi connectivity index (χ0v) is 15.6. The second kappa shape index (κ2) is 8.79. The number of ether oxygens (including phenoxy) is 1. The number of benzene rings is 3. The van der Waals surface area contributed by atoms with Gasteiger partial charge in [-0.1, -0.05) is 29.8 Å². The Morgan fingerprint density at radius 1 is 0.897 bits per heavy atom. The van der Waals surface area contributed by atoms with Crippen LogP contribution in [-0.2, 0) is 0 Å². The Balaban J connectivity index is 1.55. The summed E-state index contributed by atoms with van der Waals surface area (Å²) in [5.41, 5.74) is 2.42. The number of hydrogen-bond acceptors (Lipinski definition) is 5. The largest absolute Gasteiger partial charge is 0.485 e. The number of nitro benzene ring substituents is 1. The van der Waals surface area contributed by atoms with Crippen molar-refractivity contribution in [3.63, 3.8) is 0 Å². The van der Waals surface area contributed by atoms with Crippen molar-refractivity contribution in [1.29, 1.82) is 0 Å². The van der Waals surface area contributed by atoms with Gasteiger partial charge in [0.1, 0.15) is 5.75 Å². The molecule has 7 heteroatoms. The predicted molar refractivity (Wildman–Crippen MR) is 108 cm³/mol. The van der Waals surface area contributed by atoms with E-state index in [1.165, 1.54) is 24.3 Å². The van der Waals surface area contributed by atoms with Gasteiger partial charge >= 0.3 is 0 Å². The first-order valence-corrected chi connectivity index (χ1v) is 8.81. The molecular formula is C22H18N2O5. The molecular weight excluding hydrogens is 372 g/mol. The van der Waals surface area contributed by atoms with E-state index >= 15 is 0 Å². The van der Waals surface area contributed by atoms with Crippen LogP contribution in [0.15, 0.2) is 72.8 Å². The summed E-state index contributed by atoms with van der Waals surface area (Å²) >= 11 is 0. The Bertz CT molecular complexity index is 1030. The minimum Gasteiger partial charge on any atom is -0.485 e. The Labute approximate surface area is 167 Å². The summed E-state index contributed by atoms with van der Waals surface area (Å²) in [6.45, 7) is 1.87. The van der Waals surface area contributed by atoms with E-state index in [1.807, 2.05) is 19.1 Å². The van der Waals surface area contributed by atoms with E-state index in [0.717, 1.165) is 5.56 Å². The van der Waals surface area contributed by atoms with Gasteiger partial charge < -0.3 is 10.1 Å². The Morgan fingerprint density at radius 3 is 2.07 bits per heavy atom. The van der Waals surface area contributed by atoms with Gasteiger partial charge in [-0.25, -0.2) is 0 Å². The van der Waals surface area contributed by atoms with Gasteiger partial charge in [0.15, 0.2) is 12.4 Å². The number of anilines is 1. The number of ketones is 1. The molecule has 0 aliphatic carbocycles. The van der Waals surface area contributed by atoms with Crippen molar-refractivity contribution in [2.75, 3.05) is 11.9 Å². The number of carbonyl (C=O) groups excluding carboxylic acids is 2. The van der Waals surface area contributed by atoms with Crippen LogP contribution in [0.1, 0.15) is 26.3 Å². The van der Waals surface area contributed by atoms with E-state index in [-0.39, 0.29) is 24.0 Å². The quantitative estimate of drug-likeness (QED) is 0.366. The number of nitro groups is 1. The summed E-state index contributed by atoms with van der Waals surface area (Å²) in [6.07, 6.45) is 0. The molecule has 0 spiro atoms. The van der Waals surface area contributed by atoms with Crippen LogP contribution in [0.5, 0.6) is 5.75 Å². The van der Waals surface area contributed by atoms with Crippen LogP contribution in [0.3, 0.4) is 0 Å². The van der Waals surface area contributed by atoms with Gasteiger partial charge in [0.25, 0.3) is 11.6 Å². The topological polar surface area (TPSA) is 98.5 Å². The fourth-order valence-corrected chi connectivity index (χ4v) is 2.54. The third-order valence-corrected chi connectivity index (χ3v) is 4.20. The zero-order chi connectivity index (χ0) is 20.8. The van der Waals surface area contributed by atoms with Gasteiger partial charge in [0.05, 0.1) is 4.92 Å². The van der Waals surface area contributed by atoms with Gasteiger partial charge in [-0.05, 0) is 43.3 Å². The van der Waals surface area contributed by atoms with Crippen LogP contribution < -0.4 is 10.1 Å². The van der Waals surface area contributed by atoms with Crippen molar-refractivity contribution in [1.82, 2.24) is 0 Å². The zero-order valence-electron chi connectivity index (χ0n) is 15.6. The first kappa shape index (κ1) is 19.8. The first-order chi connectivity index (χ1) is 13.9. The van der Waals surface area contributed by atoms with Crippen molar-refractivity contribution in [3.05, 3.63) is 99.6 Å². The van der Waals surface area contributed by atoms with Crippen LogP contribution >= 0.6 is 0 Å². The second-order valence-corrected chi connectivity index (χ2v) is 6.36. The lowest BCUT2D eigenvalue weighted by atomic mass is 10.1. The molecule has 0 fully saturated rings. The van der Waals surface area contributed by atoms with Crippen molar-refractivity contribution >= 4 is 23.1 Å². The number of aryl methyl sites for hydroxylation is 1. The predicted octanol–water partition coefficient (Wildman–Crippen LogP) is 4.42. The molecule has 0 aliphatic heterocycles. The molecule has 3 rings (SSSR count).